The van der Waals surface area contributed by atoms with Gasteiger partial charge in [-0.05, 0) is 42.7 Å². The van der Waals surface area contributed by atoms with Gasteiger partial charge in [-0.2, -0.15) is 0 Å². The van der Waals surface area contributed by atoms with Gasteiger partial charge < -0.3 is 18.8 Å². The van der Waals surface area contributed by atoms with E-state index in [9.17, 15) is 13.9 Å². The molecule has 4 aromatic rings. The normalized spacial score (nSPS) is 17.9. The van der Waals surface area contributed by atoms with Crippen LogP contribution in [0.1, 0.15) is 42.6 Å². The molecule has 5 rings (SSSR count). The lowest BCUT2D eigenvalue weighted by molar-refractivity contribution is 0.0159. The number of hydrogen-bond acceptors (Lipinski definition) is 6. The van der Waals surface area contributed by atoms with Crippen LogP contribution < -0.4 is 4.74 Å². The predicted octanol–water partition coefficient (Wildman–Crippen LogP) is 5.71. The molecule has 1 aliphatic heterocycles. The number of rotatable bonds is 5. The summed E-state index contributed by atoms with van der Waals surface area (Å²) in [5.41, 5.74) is -0.172. The molecule has 0 amide bonds. The number of aliphatic hydroxyl groups is 1. The van der Waals surface area contributed by atoms with E-state index in [4.69, 9.17) is 20.8 Å². The Morgan fingerprint density at radius 3 is 2.69 bits per heavy atom. The van der Waals surface area contributed by atoms with E-state index in [2.05, 4.69) is 15.2 Å². The average Bonchev–Trinajstić information content (AvgIpc) is 3.45. The van der Waals surface area contributed by atoms with Gasteiger partial charge in [-0.3, -0.25) is 0 Å². The van der Waals surface area contributed by atoms with Crippen molar-refractivity contribution in [3.8, 4) is 28.5 Å². The van der Waals surface area contributed by atoms with Crippen molar-refractivity contribution in [3.05, 3.63) is 70.5 Å². The number of fused-ring (bicyclic) bond motifs is 1. The summed E-state index contributed by atoms with van der Waals surface area (Å²) in [5, 5.41) is 20.3. The summed E-state index contributed by atoms with van der Waals surface area (Å²) in [6.45, 7) is 3.11. The van der Waals surface area contributed by atoms with Crippen molar-refractivity contribution in [2.24, 2.45) is 0 Å². The zero-order chi connectivity index (χ0) is 25.0. The van der Waals surface area contributed by atoms with E-state index in [0.29, 0.717) is 54.0 Å². The molecule has 0 bridgehead atoms. The summed E-state index contributed by atoms with van der Waals surface area (Å²) >= 11 is 6.02. The second-order valence-corrected chi connectivity index (χ2v) is 9.11. The lowest BCUT2D eigenvalue weighted by Crippen LogP contribution is -2.35. The topological polar surface area (TPSA) is 86.2 Å². The third kappa shape index (κ3) is 3.98. The largest absolute Gasteiger partial charge is 0.496 e. The first-order valence-electron chi connectivity index (χ1n) is 11.1. The van der Waals surface area contributed by atoms with Crippen molar-refractivity contribution in [2.75, 3.05) is 7.11 Å². The van der Waals surface area contributed by atoms with Gasteiger partial charge in [-0.1, -0.05) is 23.7 Å². The maximum atomic E-state index is 14.1. The molecule has 1 N–H and O–H groups in total. The SMILES string of the molecule is COc1cc(-c2nnc3n2CCCC3(O)c2ccc(Cl)c(C(C)(F)F)c2)ccc1-c1cnc(C)o1. The number of benzene rings is 2. The number of halogens is 3. The fraction of sp³-hybridized carbons (Fsp3) is 0.320. The minimum absolute atomic E-state index is 0.0584. The van der Waals surface area contributed by atoms with Crippen LogP contribution in [0.2, 0.25) is 5.02 Å². The summed E-state index contributed by atoms with van der Waals surface area (Å²) in [6.07, 6.45) is 2.54. The van der Waals surface area contributed by atoms with Crippen LogP contribution in [-0.4, -0.2) is 32.0 Å². The van der Waals surface area contributed by atoms with Crippen LogP contribution >= 0.6 is 11.6 Å². The number of aryl methyl sites for hydroxylation is 1. The molecule has 2 aromatic carbocycles. The zero-order valence-corrected chi connectivity index (χ0v) is 20.1. The van der Waals surface area contributed by atoms with Gasteiger partial charge in [-0.25, -0.2) is 13.8 Å². The Hall–Kier alpha value is -3.30. The Kier molecular flexibility index (Phi) is 5.64. The van der Waals surface area contributed by atoms with Crippen LogP contribution in [0.4, 0.5) is 8.78 Å². The van der Waals surface area contributed by atoms with Gasteiger partial charge in [0.15, 0.2) is 23.3 Å². The minimum Gasteiger partial charge on any atom is -0.496 e. The van der Waals surface area contributed by atoms with Gasteiger partial charge in [0.25, 0.3) is 5.92 Å². The van der Waals surface area contributed by atoms with E-state index in [1.54, 1.807) is 26.3 Å². The van der Waals surface area contributed by atoms with Crippen molar-refractivity contribution < 1.29 is 23.0 Å². The maximum Gasteiger partial charge on any atom is 0.271 e. The van der Waals surface area contributed by atoms with E-state index in [-0.39, 0.29) is 10.6 Å². The number of hydrogen-bond donors (Lipinski definition) is 1. The second-order valence-electron chi connectivity index (χ2n) is 8.70. The van der Waals surface area contributed by atoms with Crippen LogP contribution in [0.5, 0.6) is 5.75 Å². The number of methoxy groups -OCH3 is 1. The molecule has 0 saturated heterocycles. The summed E-state index contributed by atoms with van der Waals surface area (Å²) < 4.78 is 41.3. The quantitative estimate of drug-likeness (QED) is 0.377. The highest BCUT2D eigenvalue weighted by molar-refractivity contribution is 6.31. The predicted molar refractivity (Wildman–Crippen MR) is 125 cm³/mol. The van der Waals surface area contributed by atoms with Gasteiger partial charge in [0.2, 0.25) is 0 Å². The second kappa shape index (κ2) is 8.42. The Morgan fingerprint density at radius 2 is 2.00 bits per heavy atom. The lowest BCUT2D eigenvalue weighted by Gasteiger charge is -2.33. The summed E-state index contributed by atoms with van der Waals surface area (Å²) in [5.74, 6) is -0.642. The lowest BCUT2D eigenvalue weighted by atomic mass is 9.84. The monoisotopic (exact) mass is 500 g/mol. The van der Waals surface area contributed by atoms with Crippen molar-refractivity contribution in [3.63, 3.8) is 0 Å². The highest BCUT2D eigenvalue weighted by atomic mass is 35.5. The minimum atomic E-state index is -3.16. The molecule has 0 spiro atoms. The van der Waals surface area contributed by atoms with E-state index >= 15 is 0 Å². The van der Waals surface area contributed by atoms with E-state index < -0.39 is 11.5 Å². The van der Waals surface area contributed by atoms with Crippen LogP contribution in [0.15, 0.2) is 47.0 Å². The van der Waals surface area contributed by atoms with Crippen molar-refractivity contribution >= 4 is 11.6 Å². The molecule has 0 saturated carbocycles. The molecule has 3 heterocycles. The Balaban J connectivity index is 1.58. The number of alkyl halides is 2. The fourth-order valence-electron chi connectivity index (χ4n) is 4.55. The molecule has 1 aliphatic rings. The first kappa shape index (κ1) is 23.4. The van der Waals surface area contributed by atoms with Gasteiger partial charge in [-0.15, -0.1) is 10.2 Å². The maximum absolute atomic E-state index is 14.1. The van der Waals surface area contributed by atoms with E-state index in [0.717, 1.165) is 18.1 Å². The van der Waals surface area contributed by atoms with E-state index in [1.165, 1.54) is 12.1 Å². The standard InChI is InChI=1S/C25H23ClF2N4O3/c1-14-29-13-21(35-14)17-7-5-15(11-20(17)34-3)22-30-31-23-25(33,9-4-10-32(22)23)16-6-8-19(26)18(12-16)24(2,27)28/h5-8,11-13,33H,4,9-10H2,1-3H3. The third-order valence-corrected chi connectivity index (χ3v) is 6.63. The molecule has 7 nitrogen and oxygen atoms in total. The molecule has 1 atom stereocenters. The highest BCUT2D eigenvalue weighted by Crippen LogP contribution is 2.42. The average molecular weight is 501 g/mol. The van der Waals surface area contributed by atoms with Crippen LogP contribution in [-0.2, 0) is 18.1 Å². The summed E-state index contributed by atoms with van der Waals surface area (Å²) in [6, 6.07) is 9.71. The summed E-state index contributed by atoms with van der Waals surface area (Å²) in [4.78, 5) is 4.14. The third-order valence-electron chi connectivity index (χ3n) is 6.30. The van der Waals surface area contributed by atoms with Gasteiger partial charge in [0, 0.05) is 36.5 Å². The Bertz CT molecular complexity index is 1410. The molecule has 0 radical (unpaired) electrons. The molecule has 10 heteroatoms. The van der Waals surface area contributed by atoms with Crippen LogP contribution in [0.25, 0.3) is 22.7 Å². The van der Waals surface area contributed by atoms with Crippen molar-refractivity contribution in [1.29, 1.82) is 0 Å². The van der Waals surface area contributed by atoms with Crippen molar-refractivity contribution in [1.82, 2.24) is 19.7 Å². The molecule has 2 aromatic heterocycles. The number of ether oxygens (including phenoxy) is 1. The van der Waals surface area contributed by atoms with Gasteiger partial charge >= 0.3 is 0 Å². The molecule has 35 heavy (non-hydrogen) atoms. The fourth-order valence-corrected chi connectivity index (χ4v) is 4.83. The van der Waals surface area contributed by atoms with Gasteiger partial charge in [0.05, 0.1) is 18.9 Å². The number of oxazole rings is 1. The zero-order valence-electron chi connectivity index (χ0n) is 19.3. The molecular weight excluding hydrogens is 478 g/mol. The smallest absolute Gasteiger partial charge is 0.271 e. The number of nitrogens with zero attached hydrogens (tertiary/aromatic N) is 4. The molecule has 1 unspecified atom stereocenters. The Labute approximate surface area is 205 Å². The first-order valence-corrected chi connectivity index (χ1v) is 11.4. The van der Waals surface area contributed by atoms with Crippen LogP contribution in [0, 0.1) is 6.92 Å². The molecule has 182 valence electrons. The van der Waals surface area contributed by atoms with Crippen LogP contribution in [0.3, 0.4) is 0 Å². The van der Waals surface area contributed by atoms with Crippen molar-refractivity contribution in [2.45, 2.75) is 44.8 Å². The van der Waals surface area contributed by atoms with Gasteiger partial charge in [0.1, 0.15) is 11.4 Å². The van der Waals surface area contributed by atoms with E-state index in [1.807, 2.05) is 22.8 Å². The summed E-state index contributed by atoms with van der Waals surface area (Å²) in [7, 11) is 1.56. The number of aromatic nitrogens is 4. The highest BCUT2D eigenvalue weighted by Gasteiger charge is 2.41. The molecule has 0 fully saturated rings. The molecular formula is C25H23ClF2N4O3. The first-order chi connectivity index (χ1) is 16.6. The Morgan fingerprint density at radius 1 is 1.20 bits per heavy atom. The molecule has 0 aliphatic carbocycles.